The van der Waals surface area contributed by atoms with Crippen LogP contribution in [-0.2, 0) is 12.0 Å². The van der Waals surface area contributed by atoms with E-state index in [1.165, 1.54) is 0 Å². The Kier molecular flexibility index (Phi) is 2.83. The largest absolute Gasteiger partial charge is 0.399 e. The van der Waals surface area contributed by atoms with Crippen LogP contribution in [0.4, 0.5) is 5.69 Å². The van der Waals surface area contributed by atoms with E-state index in [2.05, 4.69) is 25.3 Å². The average Bonchev–Trinajstić information content (AvgIpc) is 3.04. The van der Waals surface area contributed by atoms with Crippen LogP contribution < -0.4 is 5.73 Å². The molecule has 2 aromatic rings. The summed E-state index contributed by atoms with van der Waals surface area (Å²) in [6.07, 6.45) is 2.20. The molecule has 0 unspecified atom stereocenters. The van der Waals surface area contributed by atoms with Crippen LogP contribution in [-0.4, -0.2) is 21.3 Å². The van der Waals surface area contributed by atoms with E-state index in [1.54, 1.807) is 0 Å². The predicted octanol–water partition coefficient (Wildman–Crippen LogP) is 2.69. The number of fused-ring (bicyclic) bond motifs is 1. The molecule has 3 rings (SSSR count). The van der Waals surface area contributed by atoms with Crippen LogP contribution in [0.1, 0.15) is 39.4 Å². The smallest absolute Gasteiger partial charge is 0.115 e. The molecule has 0 bridgehead atoms. The topological polar surface area (TPSA) is 64.1 Å². The van der Waals surface area contributed by atoms with E-state index >= 15 is 0 Å². The zero-order chi connectivity index (χ0) is 14.5. The van der Waals surface area contributed by atoms with Crippen molar-refractivity contribution in [2.45, 2.75) is 45.6 Å². The summed E-state index contributed by atoms with van der Waals surface area (Å²) in [6, 6.07) is 5.89. The molecule has 0 amide bonds. The number of imidazole rings is 1. The second kappa shape index (κ2) is 4.22. The predicted molar refractivity (Wildman–Crippen MR) is 81.6 cm³/mol. The Labute approximate surface area is 119 Å². The van der Waals surface area contributed by atoms with Crippen molar-refractivity contribution in [2.24, 2.45) is 5.41 Å². The Morgan fingerprint density at radius 1 is 1.35 bits per heavy atom. The van der Waals surface area contributed by atoms with Crippen molar-refractivity contribution in [3.05, 3.63) is 24.0 Å². The number of hydrogen-bond acceptors (Lipinski definition) is 3. The van der Waals surface area contributed by atoms with Crippen molar-refractivity contribution in [3.63, 3.8) is 0 Å². The molecule has 0 spiro atoms. The van der Waals surface area contributed by atoms with Gasteiger partial charge in [0.1, 0.15) is 5.82 Å². The first kappa shape index (κ1) is 13.4. The zero-order valence-electron chi connectivity index (χ0n) is 12.5. The van der Waals surface area contributed by atoms with Gasteiger partial charge in [0.2, 0.25) is 0 Å². The summed E-state index contributed by atoms with van der Waals surface area (Å²) in [6.45, 7) is 7.62. The second-order valence-corrected chi connectivity index (χ2v) is 7.18. The Morgan fingerprint density at radius 2 is 2.05 bits per heavy atom. The molecule has 0 aliphatic heterocycles. The fourth-order valence-electron chi connectivity index (χ4n) is 2.76. The van der Waals surface area contributed by atoms with Gasteiger partial charge < -0.3 is 15.4 Å². The number of hydrogen-bond donors (Lipinski definition) is 2. The van der Waals surface area contributed by atoms with Gasteiger partial charge in [-0.05, 0) is 31.0 Å². The van der Waals surface area contributed by atoms with Crippen molar-refractivity contribution in [3.8, 4) is 0 Å². The molecule has 1 saturated carbocycles. The maximum atomic E-state index is 9.61. The Bertz CT molecular complexity index is 648. The Hall–Kier alpha value is -1.55. The van der Waals surface area contributed by atoms with E-state index in [4.69, 9.17) is 10.7 Å². The van der Waals surface area contributed by atoms with E-state index in [1.807, 2.05) is 18.2 Å². The van der Waals surface area contributed by atoms with E-state index in [0.29, 0.717) is 0 Å². The van der Waals surface area contributed by atoms with Crippen LogP contribution >= 0.6 is 0 Å². The average molecular weight is 273 g/mol. The Morgan fingerprint density at radius 3 is 2.60 bits per heavy atom. The number of benzene rings is 1. The molecule has 108 valence electrons. The maximum absolute atomic E-state index is 9.61. The van der Waals surface area contributed by atoms with Crippen LogP contribution in [0.2, 0.25) is 0 Å². The highest BCUT2D eigenvalue weighted by atomic mass is 16.3. The molecule has 20 heavy (non-hydrogen) atoms. The second-order valence-electron chi connectivity index (χ2n) is 7.18. The number of aliphatic hydroxyl groups excluding tert-OH is 1. The molecule has 3 N–H and O–H groups in total. The van der Waals surface area contributed by atoms with Gasteiger partial charge in [-0.15, -0.1) is 0 Å². The molecular formula is C16H23N3O. The lowest BCUT2D eigenvalue weighted by molar-refractivity contribution is 0.193. The van der Waals surface area contributed by atoms with Gasteiger partial charge in [0, 0.05) is 23.1 Å². The van der Waals surface area contributed by atoms with Gasteiger partial charge in [-0.25, -0.2) is 4.98 Å². The van der Waals surface area contributed by atoms with E-state index in [9.17, 15) is 5.11 Å². The molecule has 1 aliphatic rings. The highest BCUT2D eigenvalue weighted by Gasteiger charge is 2.43. The number of anilines is 1. The maximum Gasteiger partial charge on any atom is 0.115 e. The number of rotatable bonds is 3. The molecule has 0 radical (unpaired) electrons. The van der Waals surface area contributed by atoms with E-state index in [0.717, 1.165) is 41.9 Å². The summed E-state index contributed by atoms with van der Waals surface area (Å²) in [5.74, 6) is 1.07. The van der Waals surface area contributed by atoms with Gasteiger partial charge in [-0.1, -0.05) is 20.8 Å². The normalized spacial score (nSPS) is 17.6. The molecule has 0 saturated heterocycles. The summed E-state index contributed by atoms with van der Waals surface area (Å²) in [5, 5.41) is 9.61. The van der Waals surface area contributed by atoms with E-state index in [-0.39, 0.29) is 17.4 Å². The Balaban J connectivity index is 2.16. The summed E-state index contributed by atoms with van der Waals surface area (Å²) in [7, 11) is 0. The number of aromatic nitrogens is 2. The standard InChI is InChI=1S/C16H23N3O/c1-15(2,3)14-18-12-8-11(17)4-5-13(12)19(14)9-16(10-20)6-7-16/h4-5,8,20H,6-7,9-10,17H2,1-3H3. The summed E-state index contributed by atoms with van der Waals surface area (Å²) >= 11 is 0. The third-order valence-corrected chi connectivity index (χ3v) is 4.23. The lowest BCUT2D eigenvalue weighted by atomic mass is 9.95. The minimum Gasteiger partial charge on any atom is -0.399 e. The first-order valence-corrected chi connectivity index (χ1v) is 7.22. The van der Waals surface area contributed by atoms with E-state index < -0.39 is 0 Å². The number of nitrogen functional groups attached to an aromatic ring is 1. The van der Waals surface area contributed by atoms with Gasteiger partial charge in [0.05, 0.1) is 17.6 Å². The first-order chi connectivity index (χ1) is 9.35. The van der Waals surface area contributed by atoms with Crippen molar-refractivity contribution < 1.29 is 5.11 Å². The first-order valence-electron chi connectivity index (χ1n) is 7.22. The van der Waals surface area contributed by atoms with Gasteiger partial charge in [-0.2, -0.15) is 0 Å². The summed E-state index contributed by atoms with van der Waals surface area (Å²) in [5.41, 5.74) is 8.71. The van der Waals surface area contributed by atoms with Crippen LogP contribution in [0.15, 0.2) is 18.2 Å². The quantitative estimate of drug-likeness (QED) is 0.845. The fraction of sp³-hybridized carbons (Fsp3) is 0.562. The van der Waals surface area contributed by atoms with Gasteiger partial charge in [0.25, 0.3) is 0 Å². The molecule has 1 heterocycles. The van der Waals surface area contributed by atoms with Crippen molar-refractivity contribution >= 4 is 16.7 Å². The van der Waals surface area contributed by atoms with Gasteiger partial charge in [0.15, 0.2) is 0 Å². The lowest BCUT2D eigenvalue weighted by Gasteiger charge is -2.23. The van der Waals surface area contributed by atoms with Gasteiger partial charge in [-0.3, -0.25) is 0 Å². The van der Waals surface area contributed by atoms with Crippen LogP contribution in [0.5, 0.6) is 0 Å². The highest BCUT2D eigenvalue weighted by molar-refractivity contribution is 5.80. The minimum atomic E-state index is -0.0285. The van der Waals surface area contributed by atoms with Gasteiger partial charge >= 0.3 is 0 Å². The molecule has 1 aromatic heterocycles. The number of nitrogens with two attached hydrogens (primary N) is 1. The highest BCUT2D eigenvalue weighted by Crippen LogP contribution is 2.47. The third kappa shape index (κ3) is 2.18. The molecule has 1 aromatic carbocycles. The molecular weight excluding hydrogens is 250 g/mol. The third-order valence-electron chi connectivity index (χ3n) is 4.23. The monoisotopic (exact) mass is 273 g/mol. The molecule has 1 aliphatic carbocycles. The zero-order valence-corrected chi connectivity index (χ0v) is 12.5. The SMILES string of the molecule is CC(C)(C)c1nc2cc(N)ccc2n1CC1(CO)CC1. The van der Waals surface area contributed by atoms with Crippen LogP contribution in [0.25, 0.3) is 11.0 Å². The summed E-state index contributed by atoms with van der Waals surface area (Å²) < 4.78 is 2.28. The van der Waals surface area contributed by atoms with Crippen LogP contribution in [0, 0.1) is 5.41 Å². The van der Waals surface area contributed by atoms with Crippen molar-refractivity contribution in [2.75, 3.05) is 12.3 Å². The summed E-state index contributed by atoms with van der Waals surface area (Å²) in [4.78, 5) is 4.79. The van der Waals surface area contributed by atoms with Crippen LogP contribution in [0.3, 0.4) is 0 Å². The number of nitrogens with zero attached hydrogens (tertiary/aromatic N) is 2. The van der Waals surface area contributed by atoms with Crippen molar-refractivity contribution in [1.29, 1.82) is 0 Å². The fourth-order valence-corrected chi connectivity index (χ4v) is 2.76. The number of aliphatic hydroxyl groups is 1. The van der Waals surface area contributed by atoms with Crippen molar-refractivity contribution in [1.82, 2.24) is 9.55 Å². The molecule has 4 heteroatoms. The molecule has 0 atom stereocenters. The molecule has 4 nitrogen and oxygen atoms in total. The lowest BCUT2D eigenvalue weighted by Crippen LogP contribution is -2.23. The minimum absolute atomic E-state index is 0.0285. The molecule has 1 fully saturated rings.